The van der Waals surface area contributed by atoms with E-state index in [1.54, 1.807) is 0 Å². The Morgan fingerprint density at radius 2 is 2.03 bits per heavy atom. The summed E-state index contributed by atoms with van der Waals surface area (Å²) in [6.07, 6.45) is -4.81. The van der Waals surface area contributed by atoms with Crippen molar-refractivity contribution in [3.63, 3.8) is 0 Å². The summed E-state index contributed by atoms with van der Waals surface area (Å²) in [7, 11) is 1.40. The van der Waals surface area contributed by atoms with Crippen LogP contribution in [0, 0.1) is 0 Å². The quantitative estimate of drug-likeness (QED) is 0.596. The van der Waals surface area contributed by atoms with E-state index in [2.05, 4.69) is 5.32 Å². The number of halogens is 3. The topological polar surface area (TPSA) is 121 Å². The number of nitrogens with one attached hydrogen (secondary N) is 1. The molecule has 2 heterocycles. The van der Waals surface area contributed by atoms with Crippen LogP contribution in [0.25, 0.3) is 0 Å². The molecule has 0 saturated heterocycles. The molecule has 2 aromatic rings. The number of nitrogens with zero attached hydrogens (tertiary/aromatic N) is 2. The van der Waals surface area contributed by atoms with E-state index in [0.717, 1.165) is 27.8 Å². The number of aromatic hydroxyl groups is 1. The van der Waals surface area contributed by atoms with Crippen molar-refractivity contribution >= 4 is 11.8 Å². The third-order valence-electron chi connectivity index (χ3n) is 4.93. The zero-order valence-electron chi connectivity index (χ0n) is 16.8. The Morgan fingerprint density at radius 1 is 1.31 bits per heavy atom. The smallest absolute Gasteiger partial charge is 0.416 e. The van der Waals surface area contributed by atoms with Gasteiger partial charge in [-0.3, -0.25) is 14.4 Å². The second-order valence-electron chi connectivity index (χ2n) is 7.07. The van der Waals surface area contributed by atoms with Crippen LogP contribution in [0.3, 0.4) is 0 Å². The molecule has 1 unspecified atom stereocenters. The fraction of sp³-hybridized carbons (Fsp3) is 0.350. The molecule has 0 spiro atoms. The van der Waals surface area contributed by atoms with Crippen molar-refractivity contribution < 1.29 is 37.7 Å². The maximum Gasteiger partial charge on any atom is 0.416 e. The average Bonchev–Trinajstić information content (AvgIpc) is 2.73. The Labute approximate surface area is 179 Å². The van der Waals surface area contributed by atoms with Crippen LogP contribution in [0.5, 0.6) is 5.75 Å². The molecule has 1 aliphatic heterocycles. The molecule has 0 bridgehead atoms. The number of alkyl halides is 3. The number of fused-ring (bicyclic) bond motifs is 1. The Kier molecular flexibility index (Phi) is 6.55. The number of hydrogen-bond acceptors (Lipinski definition) is 6. The van der Waals surface area contributed by atoms with Gasteiger partial charge in [0.25, 0.3) is 11.8 Å². The third kappa shape index (κ3) is 4.60. The molecule has 1 atom stereocenters. The van der Waals surface area contributed by atoms with E-state index in [1.807, 2.05) is 0 Å². The molecule has 0 saturated carbocycles. The summed E-state index contributed by atoms with van der Waals surface area (Å²) in [4.78, 5) is 38.6. The first kappa shape index (κ1) is 23.3. The lowest BCUT2D eigenvalue weighted by Gasteiger charge is -2.34. The van der Waals surface area contributed by atoms with Gasteiger partial charge in [0.15, 0.2) is 11.4 Å². The minimum absolute atomic E-state index is 0.0172. The van der Waals surface area contributed by atoms with E-state index in [0.29, 0.717) is 0 Å². The van der Waals surface area contributed by atoms with E-state index in [4.69, 9.17) is 4.74 Å². The highest BCUT2D eigenvalue weighted by Crippen LogP contribution is 2.29. The van der Waals surface area contributed by atoms with Gasteiger partial charge in [-0.15, -0.1) is 0 Å². The standard InChI is InChI=1S/C20H20F3N3O6/c1-32-6-5-26-14(27)10-25-9-13(16(28)17(29)15(25)19(26)31)18(30)24-8-11-3-2-4-12(7-11)20(21,22)23/h2-4,7,9,14,27,29H,5-6,8,10H2,1H3,(H,24,30). The second kappa shape index (κ2) is 9.01. The Morgan fingerprint density at radius 3 is 2.69 bits per heavy atom. The van der Waals surface area contributed by atoms with Gasteiger partial charge in [-0.2, -0.15) is 13.2 Å². The molecule has 1 aromatic carbocycles. The SMILES string of the molecule is COCCN1C(=O)c2c(O)c(=O)c(C(=O)NCc3cccc(C(F)(F)F)c3)cn2CC1O. The van der Waals surface area contributed by atoms with Gasteiger partial charge in [-0.05, 0) is 17.7 Å². The monoisotopic (exact) mass is 455 g/mol. The molecule has 1 aliphatic rings. The molecule has 3 N–H and O–H groups in total. The minimum Gasteiger partial charge on any atom is -0.503 e. The largest absolute Gasteiger partial charge is 0.503 e. The molecule has 172 valence electrons. The fourth-order valence-corrected chi connectivity index (χ4v) is 3.30. The van der Waals surface area contributed by atoms with Crippen LogP contribution in [0.4, 0.5) is 13.2 Å². The summed E-state index contributed by atoms with van der Waals surface area (Å²) in [6.45, 7) is -0.392. The number of aliphatic hydroxyl groups is 1. The zero-order chi connectivity index (χ0) is 23.6. The number of hydrogen-bond donors (Lipinski definition) is 3. The number of aliphatic hydroxyl groups excluding tert-OH is 1. The minimum atomic E-state index is -4.55. The summed E-state index contributed by atoms with van der Waals surface area (Å²) >= 11 is 0. The number of aromatic nitrogens is 1. The van der Waals surface area contributed by atoms with Crippen molar-refractivity contribution in [2.75, 3.05) is 20.3 Å². The van der Waals surface area contributed by atoms with Gasteiger partial charge in [0, 0.05) is 26.4 Å². The van der Waals surface area contributed by atoms with Crippen LogP contribution in [0.15, 0.2) is 35.3 Å². The maximum absolute atomic E-state index is 12.8. The summed E-state index contributed by atoms with van der Waals surface area (Å²) in [5.41, 5.74) is -2.76. The molecule has 0 radical (unpaired) electrons. The molecule has 0 fully saturated rings. The van der Waals surface area contributed by atoms with Gasteiger partial charge in [0.05, 0.1) is 18.7 Å². The lowest BCUT2D eigenvalue weighted by molar-refractivity contribution is -0.137. The average molecular weight is 455 g/mol. The molecular formula is C20H20F3N3O6. The molecule has 12 heteroatoms. The molecular weight excluding hydrogens is 435 g/mol. The fourth-order valence-electron chi connectivity index (χ4n) is 3.30. The van der Waals surface area contributed by atoms with E-state index >= 15 is 0 Å². The number of carbonyl (C=O) groups excluding carboxylic acids is 2. The number of carbonyl (C=O) groups is 2. The number of pyridine rings is 1. The molecule has 1 aromatic heterocycles. The van der Waals surface area contributed by atoms with Crippen molar-refractivity contribution in [2.24, 2.45) is 0 Å². The highest BCUT2D eigenvalue weighted by Gasteiger charge is 2.35. The Bertz CT molecular complexity index is 1100. The lowest BCUT2D eigenvalue weighted by Crippen LogP contribution is -2.50. The van der Waals surface area contributed by atoms with Gasteiger partial charge < -0.3 is 29.7 Å². The highest BCUT2D eigenvalue weighted by molar-refractivity contribution is 5.99. The predicted octanol–water partition coefficient (Wildman–Crippen LogP) is 0.923. The molecule has 3 rings (SSSR count). The number of benzene rings is 1. The molecule has 2 amide bonds. The zero-order valence-corrected chi connectivity index (χ0v) is 16.8. The number of rotatable bonds is 6. The van der Waals surface area contributed by atoms with Crippen molar-refractivity contribution in [3.05, 3.63) is 63.1 Å². The summed E-state index contributed by atoms with van der Waals surface area (Å²) in [5.74, 6) is -2.73. The van der Waals surface area contributed by atoms with Crippen LogP contribution in [0.1, 0.15) is 32.0 Å². The number of ether oxygens (including phenoxy) is 1. The highest BCUT2D eigenvalue weighted by atomic mass is 19.4. The van der Waals surface area contributed by atoms with Crippen LogP contribution in [-0.4, -0.2) is 58.0 Å². The van der Waals surface area contributed by atoms with E-state index in [9.17, 15) is 37.8 Å². The van der Waals surface area contributed by atoms with Gasteiger partial charge in [-0.1, -0.05) is 12.1 Å². The van der Waals surface area contributed by atoms with Crippen LogP contribution >= 0.6 is 0 Å². The molecule has 9 nitrogen and oxygen atoms in total. The van der Waals surface area contributed by atoms with Crippen molar-refractivity contribution in [1.82, 2.24) is 14.8 Å². The Balaban J connectivity index is 1.84. The summed E-state index contributed by atoms with van der Waals surface area (Å²) in [5, 5.41) is 22.8. The van der Waals surface area contributed by atoms with Crippen molar-refractivity contribution in [2.45, 2.75) is 25.5 Å². The van der Waals surface area contributed by atoms with Crippen molar-refractivity contribution in [1.29, 1.82) is 0 Å². The van der Waals surface area contributed by atoms with Crippen LogP contribution in [-0.2, 0) is 24.0 Å². The van der Waals surface area contributed by atoms with Gasteiger partial charge in [-0.25, -0.2) is 0 Å². The Hall–Kier alpha value is -3.38. The first-order valence-electron chi connectivity index (χ1n) is 9.43. The molecule has 0 aliphatic carbocycles. The number of methoxy groups -OCH3 is 1. The molecule has 32 heavy (non-hydrogen) atoms. The van der Waals surface area contributed by atoms with Crippen LogP contribution in [0.2, 0.25) is 0 Å². The number of amides is 2. The van der Waals surface area contributed by atoms with E-state index in [-0.39, 0.29) is 37.5 Å². The second-order valence-corrected chi connectivity index (χ2v) is 7.07. The van der Waals surface area contributed by atoms with E-state index < -0.39 is 46.5 Å². The van der Waals surface area contributed by atoms with Gasteiger partial charge in [0.1, 0.15) is 11.8 Å². The van der Waals surface area contributed by atoms with Crippen molar-refractivity contribution in [3.8, 4) is 5.75 Å². The maximum atomic E-state index is 12.8. The van der Waals surface area contributed by atoms with E-state index in [1.165, 1.54) is 19.2 Å². The predicted molar refractivity (Wildman–Crippen MR) is 104 cm³/mol. The first-order valence-corrected chi connectivity index (χ1v) is 9.43. The van der Waals surface area contributed by atoms with Gasteiger partial charge in [0.2, 0.25) is 5.43 Å². The third-order valence-corrected chi connectivity index (χ3v) is 4.93. The van der Waals surface area contributed by atoms with Crippen LogP contribution < -0.4 is 10.7 Å². The summed E-state index contributed by atoms with van der Waals surface area (Å²) < 4.78 is 44.5. The lowest BCUT2D eigenvalue weighted by atomic mass is 10.1. The first-order chi connectivity index (χ1) is 15.0. The summed E-state index contributed by atoms with van der Waals surface area (Å²) in [6, 6.07) is 4.31. The van der Waals surface area contributed by atoms with Gasteiger partial charge >= 0.3 is 6.18 Å². The normalized spacial score (nSPS) is 16.1.